The van der Waals surface area contributed by atoms with E-state index in [0.29, 0.717) is 41.9 Å². The number of hydrogen-bond acceptors (Lipinski definition) is 5. The zero-order chi connectivity index (χ0) is 23.5. The van der Waals surface area contributed by atoms with Crippen LogP contribution >= 0.6 is 0 Å². The average Bonchev–Trinajstić information content (AvgIpc) is 3.06. The van der Waals surface area contributed by atoms with Crippen LogP contribution < -0.4 is 0 Å². The quantitative estimate of drug-likeness (QED) is 0.493. The third-order valence-corrected chi connectivity index (χ3v) is 11.4. The van der Waals surface area contributed by atoms with Crippen molar-refractivity contribution in [2.45, 2.75) is 97.7 Å². The van der Waals surface area contributed by atoms with Gasteiger partial charge in [-0.05, 0) is 104 Å². The molecule has 11 atom stereocenters. The second-order valence-corrected chi connectivity index (χ2v) is 13.2. The van der Waals surface area contributed by atoms with E-state index < -0.39 is 10.4 Å². The summed E-state index contributed by atoms with van der Waals surface area (Å²) in [5, 5.41) is 22.1. The molecule has 0 aromatic rings. The molecule has 186 valence electrons. The Bertz CT molecular complexity index is 785. The Labute approximate surface area is 194 Å². The van der Waals surface area contributed by atoms with Crippen molar-refractivity contribution in [3.8, 4) is 0 Å². The van der Waals surface area contributed by atoms with Crippen molar-refractivity contribution >= 4 is 10.4 Å². The molecule has 7 heteroatoms. The minimum atomic E-state index is -4.39. The lowest BCUT2D eigenvalue weighted by molar-refractivity contribution is -0.203. The highest BCUT2D eigenvalue weighted by molar-refractivity contribution is 7.80. The van der Waals surface area contributed by atoms with Crippen LogP contribution in [0, 0.1) is 52.3 Å². The van der Waals surface area contributed by atoms with Crippen LogP contribution in [-0.4, -0.2) is 42.0 Å². The Morgan fingerprint density at radius 3 is 2.31 bits per heavy atom. The summed E-state index contributed by atoms with van der Waals surface area (Å²) in [6, 6.07) is 0. The van der Waals surface area contributed by atoms with Crippen molar-refractivity contribution in [2.75, 3.05) is 6.61 Å². The fraction of sp³-hybridized carbons (Fsp3) is 1.00. The van der Waals surface area contributed by atoms with Gasteiger partial charge in [-0.2, -0.15) is 8.42 Å². The fourth-order valence-electron chi connectivity index (χ4n) is 9.47. The summed E-state index contributed by atoms with van der Waals surface area (Å²) in [7, 11) is -4.39. The first-order valence-corrected chi connectivity index (χ1v) is 14.3. The van der Waals surface area contributed by atoms with E-state index in [4.69, 9.17) is 4.55 Å². The lowest BCUT2D eigenvalue weighted by Gasteiger charge is -2.64. The largest absolute Gasteiger partial charge is 0.397 e. The number of rotatable bonds is 6. The van der Waals surface area contributed by atoms with Crippen molar-refractivity contribution in [2.24, 2.45) is 52.3 Å². The zero-order valence-corrected chi connectivity index (χ0v) is 21.1. The monoisotopic (exact) mass is 472 g/mol. The summed E-state index contributed by atoms with van der Waals surface area (Å²) in [5.74, 6) is 2.78. The van der Waals surface area contributed by atoms with E-state index in [9.17, 15) is 18.6 Å². The molecular weight excluding hydrogens is 428 g/mol. The molecular formula is C25H44O6S. The fourth-order valence-corrected chi connectivity index (χ4v) is 9.78. The highest BCUT2D eigenvalue weighted by Crippen LogP contribution is 2.69. The van der Waals surface area contributed by atoms with Crippen molar-refractivity contribution in [3.63, 3.8) is 0 Å². The lowest BCUT2D eigenvalue weighted by Crippen LogP contribution is -2.62. The van der Waals surface area contributed by atoms with Crippen LogP contribution in [-0.2, 0) is 14.6 Å². The van der Waals surface area contributed by atoms with E-state index in [0.717, 1.165) is 51.4 Å². The third-order valence-electron chi connectivity index (χ3n) is 11.0. The van der Waals surface area contributed by atoms with Gasteiger partial charge in [0, 0.05) is 0 Å². The molecule has 0 spiro atoms. The molecule has 5 unspecified atom stereocenters. The highest BCUT2D eigenvalue weighted by atomic mass is 32.3. The van der Waals surface area contributed by atoms with E-state index in [1.807, 2.05) is 0 Å². The summed E-state index contributed by atoms with van der Waals surface area (Å²) in [6.07, 6.45) is 8.38. The molecule has 32 heavy (non-hydrogen) atoms. The van der Waals surface area contributed by atoms with Crippen molar-refractivity contribution in [1.82, 2.24) is 0 Å². The van der Waals surface area contributed by atoms with Crippen LogP contribution in [0.3, 0.4) is 0 Å². The molecule has 4 saturated carbocycles. The second kappa shape index (κ2) is 8.78. The number of aliphatic hydroxyl groups is 2. The highest BCUT2D eigenvalue weighted by Gasteiger charge is 2.64. The molecule has 0 aromatic heterocycles. The summed E-state index contributed by atoms with van der Waals surface area (Å²) >= 11 is 0. The van der Waals surface area contributed by atoms with E-state index in [-0.39, 0.29) is 35.6 Å². The maximum Gasteiger partial charge on any atom is 0.397 e. The van der Waals surface area contributed by atoms with E-state index in [1.54, 1.807) is 0 Å². The van der Waals surface area contributed by atoms with Gasteiger partial charge in [-0.15, -0.1) is 0 Å². The zero-order valence-electron chi connectivity index (χ0n) is 20.2. The molecule has 4 rings (SSSR count). The molecule has 6 nitrogen and oxygen atoms in total. The molecule has 3 N–H and O–H groups in total. The molecule has 0 bridgehead atoms. The predicted molar refractivity (Wildman–Crippen MR) is 123 cm³/mol. The minimum Gasteiger partial charge on any atom is -0.393 e. The van der Waals surface area contributed by atoms with Crippen molar-refractivity contribution in [1.29, 1.82) is 0 Å². The molecule has 0 aromatic carbocycles. The van der Waals surface area contributed by atoms with Crippen LogP contribution in [0.25, 0.3) is 0 Å². The molecule has 4 aliphatic carbocycles. The van der Waals surface area contributed by atoms with Gasteiger partial charge in [0.15, 0.2) is 0 Å². The van der Waals surface area contributed by atoms with Gasteiger partial charge in [-0.1, -0.05) is 34.1 Å². The van der Waals surface area contributed by atoms with Crippen LogP contribution in [0.15, 0.2) is 0 Å². The van der Waals surface area contributed by atoms with Gasteiger partial charge in [0.05, 0.1) is 18.8 Å². The van der Waals surface area contributed by atoms with E-state index in [1.165, 1.54) is 0 Å². The van der Waals surface area contributed by atoms with E-state index >= 15 is 0 Å². The molecule has 4 aliphatic rings. The Morgan fingerprint density at radius 1 is 1.00 bits per heavy atom. The lowest BCUT2D eigenvalue weighted by atomic mass is 9.41. The van der Waals surface area contributed by atoms with Gasteiger partial charge < -0.3 is 10.2 Å². The Hall–Kier alpha value is -0.210. The molecule has 4 fully saturated rings. The van der Waals surface area contributed by atoms with Gasteiger partial charge in [-0.3, -0.25) is 4.55 Å². The first-order chi connectivity index (χ1) is 14.9. The van der Waals surface area contributed by atoms with Gasteiger partial charge in [0.1, 0.15) is 0 Å². The van der Waals surface area contributed by atoms with Crippen LogP contribution in [0.4, 0.5) is 0 Å². The molecule has 0 amide bonds. The van der Waals surface area contributed by atoms with Crippen molar-refractivity contribution in [3.05, 3.63) is 0 Å². The van der Waals surface area contributed by atoms with Gasteiger partial charge >= 0.3 is 10.4 Å². The second-order valence-electron chi connectivity index (χ2n) is 12.1. The molecule has 0 radical (unpaired) electrons. The summed E-state index contributed by atoms with van der Waals surface area (Å²) in [6.45, 7) is 9.28. The standard InChI is InChI=1S/C25H44O6S/c1-5-17-21-14-16(26)8-11-25(21,4)20-9-12-24(3)18(6-7-19(24)22(20)23(17)27)15(2)10-13-31-32(28,29)30/h15-23,26-27H,5-14H2,1-4H3,(H,28,29,30)/t15-,16-,17-,18?,19?,20?,21?,22?,23-,24-,25-/m1/s1. The first-order valence-electron chi connectivity index (χ1n) is 12.9. The van der Waals surface area contributed by atoms with Gasteiger partial charge in [0.25, 0.3) is 0 Å². The van der Waals surface area contributed by atoms with E-state index in [2.05, 4.69) is 31.9 Å². The van der Waals surface area contributed by atoms with Crippen LogP contribution in [0.2, 0.25) is 0 Å². The molecule has 0 saturated heterocycles. The smallest absolute Gasteiger partial charge is 0.393 e. The topological polar surface area (TPSA) is 104 Å². The van der Waals surface area contributed by atoms with Crippen LogP contribution in [0.1, 0.15) is 85.5 Å². The third kappa shape index (κ3) is 4.08. The number of fused-ring (bicyclic) bond motifs is 5. The summed E-state index contributed by atoms with van der Waals surface area (Å²) in [5.41, 5.74) is 0.355. The Kier molecular flexibility index (Phi) is 6.83. The van der Waals surface area contributed by atoms with Gasteiger partial charge in [0.2, 0.25) is 0 Å². The first kappa shape index (κ1) is 24.9. The summed E-state index contributed by atoms with van der Waals surface area (Å²) < 4.78 is 35.4. The average molecular weight is 473 g/mol. The Balaban J connectivity index is 1.56. The Morgan fingerprint density at radius 2 is 1.66 bits per heavy atom. The minimum absolute atomic E-state index is 0.0198. The van der Waals surface area contributed by atoms with Crippen LogP contribution in [0.5, 0.6) is 0 Å². The number of aliphatic hydroxyl groups excluding tert-OH is 2. The predicted octanol–water partition coefficient (Wildman–Crippen LogP) is 4.46. The molecule has 0 heterocycles. The maximum atomic E-state index is 11.7. The number of hydrogen-bond donors (Lipinski definition) is 3. The van der Waals surface area contributed by atoms with Crippen molar-refractivity contribution < 1.29 is 27.4 Å². The molecule has 0 aliphatic heterocycles. The SMILES string of the molecule is CC[C@@H]1C2C[C@H](O)CC[C@]2(C)C2CC[C@@]3(C)C(CCC3[C@H](C)CCOS(=O)(=O)O)C2[C@@H]1O. The van der Waals surface area contributed by atoms with Gasteiger partial charge in [-0.25, -0.2) is 4.18 Å². The normalized spacial score (nSPS) is 49.7. The maximum absolute atomic E-state index is 11.7. The summed E-state index contributed by atoms with van der Waals surface area (Å²) in [4.78, 5) is 0.